The molecule has 1 amide bonds. The third-order valence-corrected chi connectivity index (χ3v) is 4.00. The number of ether oxygens (including phenoxy) is 2. The van der Waals surface area contributed by atoms with Crippen LogP contribution >= 0.6 is 0 Å². The summed E-state index contributed by atoms with van der Waals surface area (Å²) in [7, 11) is 0. The lowest BCUT2D eigenvalue weighted by atomic mass is 10.1. The van der Waals surface area contributed by atoms with Crippen LogP contribution in [0.2, 0.25) is 0 Å². The van der Waals surface area contributed by atoms with E-state index in [2.05, 4.69) is 10.5 Å². The second kappa shape index (κ2) is 7.68. The fraction of sp³-hybridized carbons (Fsp3) is 0.333. The molecule has 142 valence electrons. The maximum atomic E-state index is 11.9. The molecule has 0 saturated carbocycles. The number of amides is 1. The molecule has 0 radical (unpaired) electrons. The maximum absolute atomic E-state index is 11.9. The van der Waals surface area contributed by atoms with Crippen LogP contribution in [-0.4, -0.2) is 36.0 Å². The van der Waals surface area contributed by atoms with Crippen molar-refractivity contribution < 1.29 is 23.6 Å². The maximum Gasteiger partial charge on any atom is 0.280 e. The van der Waals surface area contributed by atoms with Crippen molar-refractivity contribution in [1.82, 2.24) is 5.43 Å². The number of carbonyl (C=O) groups is 1. The number of furan rings is 1. The topological polar surface area (TPSA) is 116 Å². The van der Waals surface area contributed by atoms with Gasteiger partial charge < -0.3 is 13.9 Å². The molecule has 1 saturated heterocycles. The first-order valence-electron chi connectivity index (χ1n) is 8.31. The third kappa shape index (κ3) is 4.57. The minimum absolute atomic E-state index is 0.0172. The Hall–Kier alpha value is -3.04. The fourth-order valence-corrected chi connectivity index (χ4v) is 2.73. The van der Waals surface area contributed by atoms with Crippen molar-refractivity contribution in [3.63, 3.8) is 0 Å². The van der Waals surface area contributed by atoms with Gasteiger partial charge in [0.1, 0.15) is 11.5 Å². The number of aryl methyl sites for hydroxylation is 1. The summed E-state index contributed by atoms with van der Waals surface area (Å²) in [5, 5.41) is 15.1. The van der Waals surface area contributed by atoms with E-state index in [0.29, 0.717) is 30.3 Å². The van der Waals surface area contributed by atoms with Crippen molar-refractivity contribution in [2.75, 3.05) is 13.2 Å². The second-order valence-electron chi connectivity index (χ2n) is 6.28. The lowest BCUT2D eigenvalue weighted by molar-refractivity contribution is -0.384. The highest BCUT2D eigenvalue weighted by Crippen LogP contribution is 2.31. The Morgan fingerprint density at radius 3 is 2.78 bits per heavy atom. The van der Waals surface area contributed by atoms with Crippen molar-refractivity contribution >= 4 is 17.8 Å². The third-order valence-electron chi connectivity index (χ3n) is 4.00. The molecule has 2 heterocycles. The molecule has 1 fully saturated rings. The number of hydrogen-bond donors (Lipinski definition) is 1. The van der Waals surface area contributed by atoms with Crippen molar-refractivity contribution in [2.24, 2.45) is 5.10 Å². The Balaban J connectivity index is 1.65. The van der Waals surface area contributed by atoms with E-state index in [1.54, 1.807) is 38.1 Å². The van der Waals surface area contributed by atoms with Crippen LogP contribution in [0.25, 0.3) is 11.3 Å². The number of benzene rings is 1. The molecule has 0 spiro atoms. The highest BCUT2D eigenvalue weighted by molar-refractivity contribution is 5.82. The number of rotatable bonds is 6. The molecule has 1 aliphatic heterocycles. The molecule has 0 bridgehead atoms. The summed E-state index contributed by atoms with van der Waals surface area (Å²) in [5.41, 5.74) is 3.49. The van der Waals surface area contributed by atoms with Crippen LogP contribution in [0.15, 0.2) is 39.9 Å². The van der Waals surface area contributed by atoms with Crippen LogP contribution in [0, 0.1) is 17.0 Å². The Morgan fingerprint density at radius 2 is 2.07 bits per heavy atom. The van der Waals surface area contributed by atoms with Crippen LogP contribution in [0.4, 0.5) is 5.69 Å². The van der Waals surface area contributed by atoms with Crippen LogP contribution in [0.3, 0.4) is 0 Å². The Morgan fingerprint density at radius 1 is 1.33 bits per heavy atom. The van der Waals surface area contributed by atoms with Crippen LogP contribution in [0.5, 0.6) is 0 Å². The molecule has 1 aromatic carbocycles. The van der Waals surface area contributed by atoms with Crippen LogP contribution in [-0.2, 0) is 14.3 Å². The monoisotopic (exact) mass is 373 g/mol. The quantitative estimate of drug-likeness (QED) is 0.473. The van der Waals surface area contributed by atoms with Crippen molar-refractivity contribution in [1.29, 1.82) is 0 Å². The van der Waals surface area contributed by atoms with Crippen LogP contribution in [0.1, 0.15) is 24.7 Å². The smallest absolute Gasteiger partial charge is 0.280 e. The molecule has 9 heteroatoms. The number of hydrogen-bond acceptors (Lipinski definition) is 7. The first-order chi connectivity index (χ1) is 12.9. The molecular weight excluding hydrogens is 354 g/mol. The summed E-state index contributed by atoms with van der Waals surface area (Å²) in [5.74, 6) is -0.604. The first-order valence-corrected chi connectivity index (χ1v) is 8.31. The van der Waals surface area contributed by atoms with E-state index in [4.69, 9.17) is 13.9 Å². The SMILES string of the molecule is Cc1ccc(-c2ccc(C=NNC(=O)CC3(C)OCCO3)o2)c([N+](=O)[O-])c1. The van der Waals surface area contributed by atoms with E-state index in [9.17, 15) is 14.9 Å². The van der Waals surface area contributed by atoms with Gasteiger partial charge in [-0.25, -0.2) is 5.43 Å². The van der Waals surface area contributed by atoms with Gasteiger partial charge in [0.2, 0.25) is 5.91 Å². The Bertz CT molecular complexity index is 883. The van der Waals surface area contributed by atoms with Gasteiger partial charge in [-0.15, -0.1) is 0 Å². The van der Waals surface area contributed by atoms with Crippen LogP contribution < -0.4 is 5.43 Å². The summed E-state index contributed by atoms with van der Waals surface area (Å²) >= 11 is 0. The molecule has 3 rings (SSSR count). The molecule has 9 nitrogen and oxygen atoms in total. The number of carbonyl (C=O) groups excluding carboxylic acids is 1. The predicted octanol–water partition coefficient (Wildman–Crippen LogP) is 2.77. The highest BCUT2D eigenvalue weighted by Gasteiger charge is 2.33. The lowest BCUT2D eigenvalue weighted by Crippen LogP contribution is -2.33. The molecule has 0 aliphatic carbocycles. The van der Waals surface area contributed by atoms with Gasteiger partial charge in [0.25, 0.3) is 5.69 Å². The van der Waals surface area contributed by atoms with Gasteiger partial charge in [-0.1, -0.05) is 6.07 Å². The summed E-state index contributed by atoms with van der Waals surface area (Å²) in [6.07, 6.45) is 1.34. The van der Waals surface area contributed by atoms with E-state index in [0.717, 1.165) is 5.56 Å². The van der Waals surface area contributed by atoms with Gasteiger partial charge in [0.15, 0.2) is 5.79 Å². The number of hydrazone groups is 1. The van der Waals surface area contributed by atoms with E-state index < -0.39 is 10.7 Å². The lowest BCUT2D eigenvalue weighted by Gasteiger charge is -2.20. The van der Waals surface area contributed by atoms with Gasteiger partial charge in [-0.3, -0.25) is 14.9 Å². The molecule has 0 unspecified atom stereocenters. The second-order valence-corrected chi connectivity index (χ2v) is 6.28. The van der Waals surface area contributed by atoms with Crippen molar-refractivity contribution in [2.45, 2.75) is 26.1 Å². The number of nitro groups is 1. The summed E-state index contributed by atoms with van der Waals surface area (Å²) in [4.78, 5) is 22.7. The Kier molecular flexibility index (Phi) is 5.33. The minimum Gasteiger partial charge on any atom is -0.455 e. The van der Waals surface area contributed by atoms with Gasteiger partial charge in [0, 0.05) is 6.07 Å². The van der Waals surface area contributed by atoms with Gasteiger partial charge in [0.05, 0.1) is 36.3 Å². The predicted molar refractivity (Wildman–Crippen MR) is 96.2 cm³/mol. The average Bonchev–Trinajstić information content (AvgIpc) is 3.24. The number of nitro benzene ring substituents is 1. The molecule has 1 aromatic heterocycles. The summed E-state index contributed by atoms with van der Waals surface area (Å²) in [6.45, 7) is 4.37. The molecule has 27 heavy (non-hydrogen) atoms. The zero-order chi connectivity index (χ0) is 19.4. The zero-order valence-electron chi connectivity index (χ0n) is 14.9. The summed E-state index contributed by atoms with van der Waals surface area (Å²) < 4.78 is 16.3. The number of nitrogens with one attached hydrogen (secondary N) is 1. The summed E-state index contributed by atoms with van der Waals surface area (Å²) in [6, 6.07) is 8.12. The van der Waals surface area contributed by atoms with Crippen molar-refractivity contribution in [3.05, 3.63) is 51.8 Å². The van der Waals surface area contributed by atoms with E-state index in [1.165, 1.54) is 12.3 Å². The van der Waals surface area contributed by atoms with Gasteiger partial charge in [-0.2, -0.15) is 5.10 Å². The normalized spacial score (nSPS) is 15.9. The zero-order valence-corrected chi connectivity index (χ0v) is 14.9. The Labute approximate surface area is 155 Å². The molecule has 0 atom stereocenters. The van der Waals surface area contributed by atoms with E-state index >= 15 is 0 Å². The minimum atomic E-state index is -0.929. The van der Waals surface area contributed by atoms with Crippen molar-refractivity contribution in [3.8, 4) is 11.3 Å². The average molecular weight is 373 g/mol. The standard InChI is InChI=1S/C18H19N3O6/c1-12-3-5-14(15(9-12)21(23)24)16-6-4-13(27-16)11-19-20-17(22)10-18(2)25-7-8-26-18/h3-6,9,11H,7-8,10H2,1-2H3,(H,20,22). The largest absolute Gasteiger partial charge is 0.455 e. The van der Waals surface area contributed by atoms with Gasteiger partial charge in [-0.05, 0) is 37.6 Å². The molecule has 1 aliphatic rings. The van der Waals surface area contributed by atoms with E-state index in [-0.39, 0.29) is 18.0 Å². The highest BCUT2D eigenvalue weighted by atomic mass is 16.7. The number of nitrogens with zero attached hydrogens (tertiary/aromatic N) is 2. The first kappa shape index (κ1) is 18.7. The molecular formula is C18H19N3O6. The van der Waals surface area contributed by atoms with E-state index in [1.807, 2.05) is 0 Å². The molecule has 1 N–H and O–H groups in total. The van der Waals surface area contributed by atoms with Gasteiger partial charge >= 0.3 is 0 Å². The molecule has 2 aromatic rings. The fourth-order valence-electron chi connectivity index (χ4n) is 2.73.